The molecule has 0 radical (unpaired) electrons. The van der Waals surface area contributed by atoms with Crippen LogP contribution in [0.3, 0.4) is 0 Å². The lowest BCUT2D eigenvalue weighted by molar-refractivity contribution is 0.180. The van der Waals surface area contributed by atoms with Crippen molar-refractivity contribution in [2.24, 2.45) is 0 Å². The third-order valence-corrected chi connectivity index (χ3v) is 4.30. The molecule has 0 aliphatic rings. The second-order valence-corrected chi connectivity index (χ2v) is 7.49. The van der Waals surface area contributed by atoms with E-state index in [0.29, 0.717) is 27.4 Å². The Balaban J connectivity index is 2.91. The van der Waals surface area contributed by atoms with Gasteiger partial charge in [-0.2, -0.15) is 0 Å². The molecule has 6 heteroatoms. The Bertz CT molecular complexity index is 440. The Labute approximate surface area is 119 Å². The van der Waals surface area contributed by atoms with Crippen molar-refractivity contribution in [2.45, 2.75) is 37.9 Å². The molecule has 0 fully saturated rings. The fraction of sp³-hybridized carbons (Fsp3) is 0.636. The van der Waals surface area contributed by atoms with E-state index in [2.05, 4.69) is 30.7 Å². The standard InChI is InChI=1S/C11H17IN2O2S/c1-11(2,3)17-6-8-13-7(5-16-4)9(12)10(15)14-8/h5-6H2,1-4H3,(H,13,14,15). The highest BCUT2D eigenvalue weighted by Crippen LogP contribution is 2.25. The molecular weight excluding hydrogens is 351 g/mol. The molecule has 0 aliphatic heterocycles. The second-order valence-electron chi connectivity index (χ2n) is 4.61. The molecule has 17 heavy (non-hydrogen) atoms. The topological polar surface area (TPSA) is 55.0 Å². The molecule has 0 unspecified atom stereocenters. The highest BCUT2D eigenvalue weighted by molar-refractivity contribution is 14.1. The molecule has 0 aliphatic carbocycles. The maximum atomic E-state index is 11.7. The number of nitrogens with zero attached hydrogens (tertiary/aromatic N) is 1. The summed E-state index contributed by atoms with van der Waals surface area (Å²) in [5.74, 6) is 1.41. The molecule has 0 aromatic carbocycles. The van der Waals surface area contributed by atoms with E-state index in [1.807, 2.05) is 22.6 Å². The van der Waals surface area contributed by atoms with Gasteiger partial charge in [-0.15, -0.1) is 11.8 Å². The van der Waals surface area contributed by atoms with Crippen LogP contribution in [0.5, 0.6) is 0 Å². The SMILES string of the molecule is COCc1nc(CSC(C)(C)C)[nH]c(=O)c1I. The van der Waals surface area contributed by atoms with Crippen molar-refractivity contribution < 1.29 is 4.74 Å². The Kier molecular flexibility index (Phi) is 5.46. The molecule has 1 N–H and O–H groups in total. The van der Waals surface area contributed by atoms with Gasteiger partial charge in [0.2, 0.25) is 0 Å². The summed E-state index contributed by atoms with van der Waals surface area (Å²) in [5.41, 5.74) is 0.624. The molecule has 0 amide bonds. The minimum atomic E-state index is -0.0860. The largest absolute Gasteiger partial charge is 0.378 e. The van der Waals surface area contributed by atoms with Crippen LogP contribution in [0.2, 0.25) is 0 Å². The number of thioether (sulfide) groups is 1. The fourth-order valence-electron chi connectivity index (χ4n) is 1.14. The van der Waals surface area contributed by atoms with Gasteiger partial charge in [-0.1, -0.05) is 20.8 Å². The molecule has 1 aromatic rings. The molecule has 96 valence electrons. The van der Waals surface area contributed by atoms with E-state index < -0.39 is 0 Å². The van der Waals surface area contributed by atoms with Crippen LogP contribution in [-0.4, -0.2) is 21.8 Å². The van der Waals surface area contributed by atoms with Crippen LogP contribution < -0.4 is 5.56 Å². The van der Waals surface area contributed by atoms with Crippen LogP contribution in [0.1, 0.15) is 32.3 Å². The fourth-order valence-corrected chi connectivity index (χ4v) is 2.26. The minimum Gasteiger partial charge on any atom is -0.378 e. The zero-order valence-corrected chi connectivity index (χ0v) is 13.4. The predicted octanol–water partition coefficient (Wildman–Crippen LogP) is 2.55. The van der Waals surface area contributed by atoms with Crippen molar-refractivity contribution in [3.63, 3.8) is 0 Å². The van der Waals surface area contributed by atoms with E-state index in [4.69, 9.17) is 4.74 Å². The van der Waals surface area contributed by atoms with Crippen LogP contribution >= 0.6 is 34.4 Å². The lowest BCUT2D eigenvalue weighted by atomic mass is 10.3. The summed E-state index contributed by atoms with van der Waals surface area (Å²) in [6, 6.07) is 0. The molecule has 0 saturated carbocycles. The van der Waals surface area contributed by atoms with E-state index in [9.17, 15) is 4.79 Å². The van der Waals surface area contributed by atoms with Crippen LogP contribution in [-0.2, 0) is 17.1 Å². The Morgan fingerprint density at radius 1 is 1.47 bits per heavy atom. The molecule has 4 nitrogen and oxygen atoms in total. The van der Waals surface area contributed by atoms with Crippen LogP contribution in [0.25, 0.3) is 0 Å². The Hall–Kier alpha value is -0.0800. The van der Waals surface area contributed by atoms with Gasteiger partial charge in [-0.05, 0) is 22.6 Å². The first-order chi connectivity index (χ1) is 7.83. The van der Waals surface area contributed by atoms with Crippen molar-refractivity contribution in [2.75, 3.05) is 7.11 Å². The average molecular weight is 368 g/mol. The lowest BCUT2D eigenvalue weighted by Gasteiger charge is -2.17. The highest BCUT2D eigenvalue weighted by atomic mass is 127. The summed E-state index contributed by atoms with van der Waals surface area (Å²) in [5, 5.41) is 0. The number of aromatic nitrogens is 2. The third kappa shape index (κ3) is 4.97. The van der Waals surface area contributed by atoms with E-state index in [1.165, 1.54) is 0 Å². The minimum absolute atomic E-state index is 0.0860. The van der Waals surface area contributed by atoms with Crippen LogP contribution in [0, 0.1) is 3.57 Å². The quantitative estimate of drug-likeness (QED) is 0.830. The lowest BCUT2D eigenvalue weighted by Crippen LogP contribution is -2.19. The number of halogens is 1. The van der Waals surface area contributed by atoms with Gasteiger partial charge in [0, 0.05) is 11.9 Å². The molecule has 1 rings (SSSR count). The number of hydrogen-bond donors (Lipinski definition) is 1. The molecule has 1 aromatic heterocycles. The summed E-state index contributed by atoms with van der Waals surface area (Å²) in [6.07, 6.45) is 0. The van der Waals surface area contributed by atoms with E-state index >= 15 is 0 Å². The zero-order chi connectivity index (χ0) is 13.1. The monoisotopic (exact) mass is 368 g/mol. The third-order valence-electron chi connectivity index (χ3n) is 1.90. The summed E-state index contributed by atoms with van der Waals surface area (Å²) in [4.78, 5) is 18.9. The first-order valence-corrected chi connectivity index (χ1v) is 7.30. The van der Waals surface area contributed by atoms with Gasteiger partial charge in [0.1, 0.15) is 9.39 Å². The van der Waals surface area contributed by atoms with Gasteiger partial charge in [0.15, 0.2) is 0 Å². The highest BCUT2D eigenvalue weighted by Gasteiger charge is 2.13. The second kappa shape index (κ2) is 6.19. The average Bonchev–Trinajstić information content (AvgIpc) is 2.21. The van der Waals surface area contributed by atoms with Crippen molar-refractivity contribution in [3.05, 3.63) is 25.4 Å². The van der Waals surface area contributed by atoms with Gasteiger partial charge in [-0.25, -0.2) is 4.98 Å². The molecule has 0 bridgehead atoms. The van der Waals surface area contributed by atoms with Gasteiger partial charge in [-0.3, -0.25) is 4.79 Å². The first-order valence-electron chi connectivity index (χ1n) is 5.24. The Morgan fingerprint density at radius 3 is 2.65 bits per heavy atom. The maximum absolute atomic E-state index is 11.7. The van der Waals surface area contributed by atoms with Crippen molar-refractivity contribution in [1.29, 1.82) is 0 Å². The van der Waals surface area contributed by atoms with Gasteiger partial charge < -0.3 is 9.72 Å². The summed E-state index contributed by atoms with van der Waals surface area (Å²) < 4.78 is 5.80. The number of methoxy groups -OCH3 is 1. The van der Waals surface area contributed by atoms with E-state index in [-0.39, 0.29) is 10.3 Å². The molecule has 0 atom stereocenters. The number of rotatable bonds is 4. The maximum Gasteiger partial charge on any atom is 0.264 e. The van der Waals surface area contributed by atoms with Crippen LogP contribution in [0.15, 0.2) is 4.79 Å². The van der Waals surface area contributed by atoms with Gasteiger partial charge in [0.05, 0.1) is 18.1 Å². The number of nitrogens with one attached hydrogen (secondary N) is 1. The normalized spacial score (nSPS) is 11.8. The number of ether oxygens (including phenoxy) is 1. The van der Waals surface area contributed by atoms with Gasteiger partial charge in [0.25, 0.3) is 5.56 Å². The summed E-state index contributed by atoms with van der Waals surface area (Å²) in [7, 11) is 1.60. The molecule has 0 spiro atoms. The molecule has 0 saturated heterocycles. The zero-order valence-electron chi connectivity index (χ0n) is 10.5. The smallest absolute Gasteiger partial charge is 0.264 e. The van der Waals surface area contributed by atoms with Crippen molar-refractivity contribution >= 4 is 34.4 Å². The van der Waals surface area contributed by atoms with Crippen molar-refractivity contribution in [3.8, 4) is 0 Å². The van der Waals surface area contributed by atoms with Crippen molar-refractivity contribution in [1.82, 2.24) is 9.97 Å². The number of aromatic amines is 1. The summed E-state index contributed by atoms with van der Waals surface area (Å²) in [6.45, 7) is 6.78. The first kappa shape index (κ1) is 15.0. The summed E-state index contributed by atoms with van der Waals surface area (Å²) >= 11 is 3.75. The predicted molar refractivity (Wildman–Crippen MR) is 79.3 cm³/mol. The molecule has 1 heterocycles. The van der Waals surface area contributed by atoms with E-state index in [0.717, 1.165) is 0 Å². The van der Waals surface area contributed by atoms with E-state index in [1.54, 1.807) is 18.9 Å². The molecular formula is C11H17IN2O2S. The number of hydrogen-bond acceptors (Lipinski definition) is 4. The Morgan fingerprint density at radius 2 is 2.12 bits per heavy atom. The number of H-pyrrole nitrogens is 1. The van der Waals surface area contributed by atoms with Crippen LogP contribution in [0.4, 0.5) is 0 Å². The van der Waals surface area contributed by atoms with Gasteiger partial charge >= 0.3 is 0 Å².